The van der Waals surface area contributed by atoms with E-state index < -0.39 is 65.2 Å². The standard InChI is InChI=1S/C46H60O8Si2/c1-45(2,3)55(7,8)53-41-37(49-31-33-23-15-11-16-24-33)39(51-43(47)35-27-19-13-20-28-35)40(52-44(48)36-29-21-14-22-30-36)38(50-32-34-25-17-12-18-26-34)42(41)54-56(9,10)46(4,5)6/h11-30,37-42H,31-32H2,1-10H3/t37-,38-,39+,40+,41+,42+/m0/s1. The Morgan fingerprint density at radius 3 is 1.02 bits per heavy atom. The van der Waals surface area contributed by atoms with Gasteiger partial charge in [-0.15, -0.1) is 0 Å². The van der Waals surface area contributed by atoms with Gasteiger partial charge in [-0.2, -0.15) is 0 Å². The van der Waals surface area contributed by atoms with Crippen molar-refractivity contribution in [3.8, 4) is 0 Å². The lowest BCUT2D eigenvalue weighted by Gasteiger charge is -2.54. The van der Waals surface area contributed by atoms with E-state index in [2.05, 4.69) is 67.7 Å². The molecule has 10 heteroatoms. The van der Waals surface area contributed by atoms with Gasteiger partial charge in [0.15, 0.2) is 28.8 Å². The summed E-state index contributed by atoms with van der Waals surface area (Å²) in [6, 6.07) is 37.3. The van der Waals surface area contributed by atoms with Gasteiger partial charge in [0.25, 0.3) is 0 Å². The first kappa shape index (κ1) is 43.2. The SMILES string of the molecule is CC(C)(C)[Si](C)(C)O[C@@H]1[C@@H](OCc2ccccc2)[C@@H](OC(=O)c2ccccc2)[C@H](OC(=O)c2ccccc2)[C@H](OCc2ccccc2)[C@H]1O[Si](C)(C)C(C)(C)C. The molecular formula is C46H60O8Si2. The Kier molecular flexibility index (Phi) is 14.0. The molecular weight excluding hydrogens is 737 g/mol. The summed E-state index contributed by atoms with van der Waals surface area (Å²) in [6.45, 7) is 22.3. The molecule has 5 rings (SSSR count). The van der Waals surface area contributed by atoms with Crippen molar-refractivity contribution in [2.45, 2.75) is 128 Å². The summed E-state index contributed by atoms with van der Waals surface area (Å²) in [7, 11) is -5.22. The van der Waals surface area contributed by atoms with Crippen LogP contribution in [0.2, 0.25) is 36.3 Å². The molecule has 0 spiro atoms. The van der Waals surface area contributed by atoms with Gasteiger partial charge >= 0.3 is 11.9 Å². The average Bonchev–Trinajstić information content (AvgIpc) is 3.16. The quantitative estimate of drug-likeness (QED) is 0.0921. The number of esters is 2. The fraction of sp³-hybridized carbons (Fsp3) is 0.435. The van der Waals surface area contributed by atoms with Crippen molar-refractivity contribution in [1.82, 2.24) is 0 Å². The van der Waals surface area contributed by atoms with Gasteiger partial charge in [-0.25, -0.2) is 9.59 Å². The Balaban J connectivity index is 1.74. The molecule has 0 heterocycles. The number of ether oxygens (including phenoxy) is 4. The van der Waals surface area contributed by atoms with Gasteiger partial charge in [0.1, 0.15) is 24.4 Å². The van der Waals surface area contributed by atoms with Gasteiger partial charge in [0, 0.05) is 0 Å². The maximum Gasteiger partial charge on any atom is 0.338 e. The highest BCUT2D eigenvalue weighted by atomic mass is 28.4. The summed E-state index contributed by atoms with van der Waals surface area (Å²) in [4.78, 5) is 28.4. The average molecular weight is 797 g/mol. The second-order valence-electron chi connectivity index (χ2n) is 17.7. The number of carbonyl (C=O) groups is 2. The molecule has 4 aromatic carbocycles. The van der Waals surface area contributed by atoms with E-state index in [1.807, 2.05) is 72.8 Å². The second-order valence-corrected chi connectivity index (χ2v) is 27.2. The third-order valence-corrected chi connectivity index (χ3v) is 20.4. The molecule has 1 saturated carbocycles. The van der Waals surface area contributed by atoms with Crippen LogP contribution in [0.3, 0.4) is 0 Å². The highest BCUT2D eigenvalue weighted by Crippen LogP contribution is 2.45. The number of carbonyl (C=O) groups excluding carboxylic acids is 2. The zero-order valence-electron chi connectivity index (χ0n) is 34.7. The third kappa shape index (κ3) is 10.7. The molecule has 0 N–H and O–H groups in total. The Hall–Kier alpha value is -3.91. The molecule has 0 radical (unpaired) electrons. The number of hydrogen-bond donors (Lipinski definition) is 0. The predicted molar refractivity (Wildman–Crippen MR) is 225 cm³/mol. The fourth-order valence-electron chi connectivity index (χ4n) is 6.14. The maximum atomic E-state index is 14.2. The van der Waals surface area contributed by atoms with Gasteiger partial charge in [0.05, 0.1) is 24.3 Å². The summed E-state index contributed by atoms with van der Waals surface area (Å²) in [5.41, 5.74) is 2.55. The van der Waals surface area contributed by atoms with Crippen molar-refractivity contribution in [3.63, 3.8) is 0 Å². The minimum Gasteiger partial charge on any atom is -0.452 e. The molecule has 300 valence electrons. The minimum absolute atomic E-state index is 0.184. The molecule has 6 atom stereocenters. The molecule has 0 bridgehead atoms. The van der Waals surface area contributed by atoms with Gasteiger partial charge in [-0.05, 0) is 71.7 Å². The molecule has 0 aromatic heterocycles. The summed E-state index contributed by atoms with van der Waals surface area (Å²) in [5.74, 6) is -1.16. The zero-order chi connectivity index (χ0) is 40.7. The van der Waals surface area contributed by atoms with Crippen molar-refractivity contribution in [2.24, 2.45) is 0 Å². The summed E-state index contributed by atoms with van der Waals surface area (Å²) < 4.78 is 41.9. The van der Waals surface area contributed by atoms with Gasteiger partial charge in [-0.1, -0.05) is 139 Å². The Labute approximate surface area is 336 Å². The molecule has 56 heavy (non-hydrogen) atoms. The van der Waals surface area contributed by atoms with Crippen LogP contribution in [0.25, 0.3) is 0 Å². The Morgan fingerprint density at radius 1 is 0.446 bits per heavy atom. The minimum atomic E-state index is -2.61. The Bertz CT molecular complexity index is 1700. The fourth-order valence-corrected chi connectivity index (χ4v) is 8.74. The largest absolute Gasteiger partial charge is 0.452 e. The van der Waals surface area contributed by atoms with E-state index >= 15 is 0 Å². The lowest BCUT2D eigenvalue weighted by Crippen LogP contribution is -2.71. The van der Waals surface area contributed by atoms with Crippen LogP contribution < -0.4 is 0 Å². The van der Waals surface area contributed by atoms with Crippen LogP contribution in [0.1, 0.15) is 73.4 Å². The normalized spacial score (nSPS) is 22.0. The number of benzene rings is 4. The molecule has 4 aromatic rings. The first-order chi connectivity index (χ1) is 26.4. The van der Waals surface area contributed by atoms with Crippen molar-refractivity contribution < 1.29 is 37.4 Å². The second kappa shape index (κ2) is 18.1. The van der Waals surface area contributed by atoms with Gasteiger partial charge in [0.2, 0.25) is 0 Å². The third-order valence-electron chi connectivity index (χ3n) is 11.5. The molecule has 8 nitrogen and oxygen atoms in total. The van der Waals surface area contributed by atoms with Crippen LogP contribution in [-0.2, 0) is 41.0 Å². The topological polar surface area (TPSA) is 89.5 Å². The van der Waals surface area contributed by atoms with Crippen LogP contribution in [-0.4, -0.2) is 65.2 Å². The van der Waals surface area contributed by atoms with Crippen LogP contribution >= 0.6 is 0 Å². The lowest BCUT2D eigenvalue weighted by atomic mass is 9.84. The van der Waals surface area contributed by atoms with Crippen molar-refractivity contribution in [2.75, 3.05) is 0 Å². The maximum absolute atomic E-state index is 14.2. The summed E-state index contributed by atoms with van der Waals surface area (Å²) in [5, 5.41) is -0.405. The highest BCUT2D eigenvalue weighted by Gasteiger charge is 2.60. The van der Waals surface area contributed by atoms with Crippen LogP contribution in [0.5, 0.6) is 0 Å². The predicted octanol–water partition coefficient (Wildman–Crippen LogP) is 10.4. The summed E-state index contributed by atoms with van der Waals surface area (Å²) in [6.07, 6.45) is -5.75. The van der Waals surface area contributed by atoms with E-state index in [0.717, 1.165) is 11.1 Å². The molecule has 0 aliphatic heterocycles. The molecule has 1 fully saturated rings. The Morgan fingerprint density at radius 2 is 0.732 bits per heavy atom. The van der Waals surface area contributed by atoms with Gasteiger partial charge < -0.3 is 27.8 Å². The van der Waals surface area contributed by atoms with E-state index in [4.69, 9.17) is 27.8 Å². The smallest absolute Gasteiger partial charge is 0.338 e. The molecule has 0 saturated heterocycles. The van der Waals surface area contributed by atoms with E-state index in [1.54, 1.807) is 48.5 Å². The van der Waals surface area contributed by atoms with Crippen molar-refractivity contribution in [3.05, 3.63) is 144 Å². The van der Waals surface area contributed by atoms with E-state index in [1.165, 1.54) is 0 Å². The van der Waals surface area contributed by atoms with E-state index in [-0.39, 0.29) is 23.3 Å². The van der Waals surface area contributed by atoms with Crippen molar-refractivity contribution in [1.29, 1.82) is 0 Å². The van der Waals surface area contributed by atoms with Crippen LogP contribution in [0.15, 0.2) is 121 Å². The molecule has 1 aliphatic carbocycles. The van der Waals surface area contributed by atoms with E-state index in [0.29, 0.717) is 11.1 Å². The first-order valence-corrected chi connectivity index (χ1v) is 25.4. The molecule has 0 unspecified atom stereocenters. The zero-order valence-corrected chi connectivity index (χ0v) is 36.7. The van der Waals surface area contributed by atoms with E-state index in [9.17, 15) is 9.59 Å². The number of hydrogen-bond acceptors (Lipinski definition) is 8. The van der Waals surface area contributed by atoms with Crippen LogP contribution in [0, 0.1) is 0 Å². The van der Waals surface area contributed by atoms with Crippen LogP contribution in [0.4, 0.5) is 0 Å². The molecule has 0 amide bonds. The molecule has 1 aliphatic rings. The monoisotopic (exact) mass is 796 g/mol. The number of rotatable bonds is 14. The lowest BCUT2D eigenvalue weighted by molar-refractivity contribution is -0.243. The van der Waals surface area contributed by atoms with Gasteiger partial charge in [-0.3, -0.25) is 0 Å². The highest BCUT2D eigenvalue weighted by molar-refractivity contribution is 6.74. The first-order valence-electron chi connectivity index (χ1n) is 19.6. The van der Waals surface area contributed by atoms with Crippen molar-refractivity contribution >= 4 is 28.6 Å². The summed E-state index contributed by atoms with van der Waals surface area (Å²) >= 11 is 0.